The monoisotopic (exact) mass is 586 g/mol. The van der Waals surface area contributed by atoms with Crippen molar-refractivity contribution in [2.24, 2.45) is 0 Å². The number of piperazine rings is 1. The molecule has 0 bridgehead atoms. The fourth-order valence-corrected chi connectivity index (χ4v) is 6.32. The molecule has 0 atom stereocenters. The molecule has 4 aromatic carbocycles. The lowest BCUT2D eigenvalue weighted by molar-refractivity contribution is 0.0991. The van der Waals surface area contributed by atoms with Gasteiger partial charge in [-0.15, -0.1) is 0 Å². The summed E-state index contributed by atoms with van der Waals surface area (Å²) in [5.74, 6) is 0.445. The first-order valence-corrected chi connectivity index (χ1v) is 14.7. The molecule has 1 fully saturated rings. The SMILES string of the molecule is COc1ccc(CN2C(=O)c3cccc4c(Cn5nccc5CN5CCN(c6ccc(C#N)cc6F)CC5)ccc2c34)cc1. The van der Waals surface area contributed by atoms with Gasteiger partial charge in [-0.2, -0.15) is 10.4 Å². The highest BCUT2D eigenvalue weighted by atomic mass is 19.1. The van der Waals surface area contributed by atoms with E-state index in [0.717, 1.165) is 64.2 Å². The molecule has 2 aliphatic rings. The fourth-order valence-electron chi connectivity index (χ4n) is 6.32. The number of carbonyl (C=O) groups is 1. The van der Waals surface area contributed by atoms with Crippen molar-refractivity contribution in [3.63, 3.8) is 0 Å². The maximum atomic E-state index is 14.6. The molecular weight excluding hydrogens is 555 g/mol. The third kappa shape index (κ3) is 5.03. The quantitative estimate of drug-likeness (QED) is 0.236. The Morgan fingerprint density at radius 3 is 2.45 bits per heavy atom. The number of ether oxygens (including phenoxy) is 1. The van der Waals surface area contributed by atoms with E-state index in [9.17, 15) is 9.18 Å². The van der Waals surface area contributed by atoms with Crippen molar-refractivity contribution in [3.05, 3.63) is 119 Å². The van der Waals surface area contributed by atoms with Crippen molar-refractivity contribution < 1.29 is 13.9 Å². The van der Waals surface area contributed by atoms with Crippen molar-refractivity contribution in [2.75, 3.05) is 43.1 Å². The predicted octanol–water partition coefficient (Wildman–Crippen LogP) is 5.59. The van der Waals surface area contributed by atoms with Gasteiger partial charge < -0.3 is 14.5 Å². The molecule has 0 aliphatic carbocycles. The lowest BCUT2D eigenvalue weighted by atomic mass is 10.0. The van der Waals surface area contributed by atoms with E-state index in [2.05, 4.69) is 28.2 Å². The molecule has 0 spiro atoms. The van der Waals surface area contributed by atoms with Gasteiger partial charge in [0.2, 0.25) is 0 Å². The molecule has 9 heteroatoms. The highest BCUT2D eigenvalue weighted by Gasteiger charge is 2.30. The van der Waals surface area contributed by atoms with Crippen LogP contribution in [-0.4, -0.2) is 53.9 Å². The first-order valence-electron chi connectivity index (χ1n) is 14.7. The van der Waals surface area contributed by atoms with Crippen LogP contribution in [0.1, 0.15) is 32.7 Å². The Morgan fingerprint density at radius 2 is 1.70 bits per heavy atom. The Labute approximate surface area is 255 Å². The Morgan fingerprint density at radius 1 is 0.909 bits per heavy atom. The van der Waals surface area contributed by atoms with Crippen LogP contribution in [0.4, 0.5) is 15.8 Å². The van der Waals surface area contributed by atoms with Crippen molar-refractivity contribution in [1.82, 2.24) is 14.7 Å². The predicted molar refractivity (Wildman–Crippen MR) is 167 cm³/mol. The van der Waals surface area contributed by atoms with Crippen molar-refractivity contribution >= 4 is 28.1 Å². The smallest absolute Gasteiger partial charge is 0.259 e. The van der Waals surface area contributed by atoms with Gasteiger partial charge in [-0.25, -0.2) is 4.39 Å². The summed E-state index contributed by atoms with van der Waals surface area (Å²) < 4.78 is 21.9. The minimum Gasteiger partial charge on any atom is -0.497 e. The Kier molecular flexibility index (Phi) is 7.20. The average molecular weight is 587 g/mol. The zero-order chi connectivity index (χ0) is 30.2. The van der Waals surface area contributed by atoms with Gasteiger partial charge >= 0.3 is 0 Å². The van der Waals surface area contributed by atoms with Gasteiger partial charge in [0.15, 0.2) is 0 Å². The number of nitrogens with zero attached hydrogens (tertiary/aromatic N) is 6. The molecule has 1 amide bonds. The molecule has 5 aromatic rings. The summed E-state index contributed by atoms with van der Waals surface area (Å²) >= 11 is 0. The summed E-state index contributed by atoms with van der Waals surface area (Å²) in [5, 5.41) is 15.7. The van der Waals surface area contributed by atoms with Crippen LogP contribution in [0.5, 0.6) is 5.75 Å². The molecule has 0 N–H and O–H groups in total. The molecule has 7 rings (SSSR count). The second-order valence-electron chi connectivity index (χ2n) is 11.2. The standard InChI is InChI=1S/C35H31FN6O2/c1-44-28-9-5-24(6-10-28)21-41-33-12-8-26(29-3-2-4-30(34(29)33)35(41)43)22-42-27(13-14-38-42)23-39-15-17-40(18-16-39)32-11-7-25(20-37)19-31(32)36/h2-14,19H,15-18,21-23H2,1H3. The number of rotatable bonds is 8. The minimum absolute atomic E-state index is 0.0124. The topological polar surface area (TPSA) is 77.6 Å². The number of methoxy groups -OCH3 is 1. The van der Waals surface area contributed by atoms with E-state index in [-0.39, 0.29) is 11.7 Å². The molecule has 0 saturated carbocycles. The van der Waals surface area contributed by atoms with Gasteiger partial charge in [-0.3, -0.25) is 14.4 Å². The first-order chi connectivity index (χ1) is 21.5. The molecule has 2 aliphatic heterocycles. The van der Waals surface area contributed by atoms with Crippen molar-refractivity contribution in [3.8, 4) is 11.8 Å². The highest BCUT2D eigenvalue weighted by molar-refractivity contribution is 6.25. The van der Waals surface area contributed by atoms with Crippen molar-refractivity contribution in [2.45, 2.75) is 19.6 Å². The normalized spacial score (nSPS) is 14.8. The first kappa shape index (κ1) is 27.6. The van der Waals surface area contributed by atoms with Crippen LogP contribution in [-0.2, 0) is 19.6 Å². The van der Waals surface area contributed by atoms with E-state index in [4.69, 9.17) is 10.00 Å². The van der Waals surface area contributed by atoms with Gasteiger partial charge in [-0.05, 0) is 65.0 Å². The van der Waals surface area contributed by atoms with E-state index in [0.29, 0.717) is 37.4 Å². The lowest BCUT2D eigenvalue weighted by Crippen LogP contribution is -2.46. The lowest BCUT2D eigenvalue weighted by Gasteiger charge is -2.36. The maximum Gasteiger partial charge on any atom is 0.259 e. The third-order valence-corrected chi connectivity index (χ3v) is 8.68. The Balaban J connectivity index is 1.07. The summed E-state index contributed by atoms with van der Waals surface area (Å²) in [7, 11) is 1.64. The van der Waals surface area contributed by atoms with Gasteiger partial charge in [0.1, 0.15) is 11.6 Å². The molecular formula is C35H31FN6O2. The van der Waals surface area contributed by atoms with Crippen LogP contribution in [0.3, 0.4) is 0 Å². The summed E-state index contributed by atoms with van der Waals surface area (Å²) in [5.41, 5.74) is 5.77. The fraction of sp³-hybridized carbons (Fsp3) is 0.229. The number of amides is 1. The number of carbonyl (C=O) groups excluding carboxylic acids is 1. The van der Waals surface area contributed by atoms with E-state index in [1.807, 2.05) is 69.2 Å². The van der Waals surface area contributed by atoms with Gasteiger partial charge in [0, 0.05) is 49.9 Å². The number of nitriles is 1. The summed E-state index contributed by atoms with van der Waals surface area (Å²) in [6, 6.07) is 26.6. The molecule has 0 unspecified atom stereocenters. The number of anilines is 2. The number of halogens is 1. The number of aromatic nitrogens is 2. The van der Waals surface area contributed by atoms with Gasteiger partial charge in [0.25, 0.3) is 5.91 Å². The second-order valence-corrected chi connectivity index (χ2v) is 11.2. The second kappa shape index (κ2) is 11.5. The van der Waals surface area contributed by atoms with Crippen molar-refractivity contribution in [1.29, 1.82) is 5.26 Å². The molecule has 8 nitrogen and oxygen atoms in total. The molecule has 1 aromatic heterocycles. The summed E-state index contributed by atoms with van der Waals surface area (Å²) in [6.45, 7) is 4.79. The van der Waals surface area contributed by atoms with Crippen LogP contribution >= 0.6 is 0 Å². The number of benzene rings is 4. The van der Waals surface area contributed by atoms with Gasteiger partial charge in [-0.1, -0.05) is 30.3 Å². The van der Waals surface area contributed by atoms with Crippen LogP contribution in [0, 0.1) is 17.1 Å². The molecule has 0 radical (unpaired) electrons. The molecule has 220 valence electrons. The molecule has 3 heterocycles. The number of hydrogen-bond acceptors (Lipinski definition) is 6. The zero-order valence-corrected chi connectivity index (χ0v) is 24.4. The van der Waals surface area contributed by atoms with Crippen LogP contribution in [0.25, 0.3) is 10.8 Å². The zero-order valence-electron chi connectivity index (χ0n) is 24.4. The van der Waals surface area contributed by atoms with E-state index in [1.165, 1.54) is 6.07 Å². The summed E-state index contributed by atoms with van der Waals surface area (Å²) in [4.78, 5) is 19.8. The summed E-state index contributed by atoms with van der Waals surface area (Å²) in [6.07, 6.45) is 1.83. The Bertz CT molecular complexity index is 1900. The van der Waals surface area contributed by atoms with E-state index < -0.39 is 0 Å². The Hall–Kier alpha value is -5.20. The largest absolute Gasteiger partial charge is 0.497 e. The molecule has 1 saturated heterocycles. The maximum absolute atomic E-state index is 14.6. The molecule has 44 heavy (non-hydrogen) atoms. The minimum atomic E-state index is -0.355. The van der Waals surface area contributed by atoms with Crippen LogP contribution in [0.15, 0.2) is 85.1 Å². The van der Waals surface area contributed by atoms with Crippen LogP contribution in [0.2, 0.25) is 0 Å². The third-order valence-electron chi connectivity index (χ3n) is 8.68. The van der Waals surface area contributed by atoms with Gasteiger partial charge in [0.05, 0.1) is 48.9 Å². The van der Waals surface area contributed by atoms with Crippen LogP contribution < -0.4 is 14.5 Å². The number of hydrogen-bond donors (Lipinski definition) is 0. The highest BCUT2D eigenvalue weighted by Crippen LogP contribution is 2.40. The average Bonchev–Trinajstić information content (AvgIpc) is 3.61. The van der Waals surface area contributed by atoms with E-state index in [1.54, 1.807) is 19.2 Å². The van der Waals surface area contributed by atoms with E-state index >= 15 is 0 Å².